The summed E-state index contributed by atoms with van der Waals surface area (Å²) in [4.78, 5) is 15.9. The molecule has 2 bridgehead atoms. The fourth-order valence-corrected chi connectivity index (χ4v) is 4.84. The Kier molecular flexibility index (Phi) is 4.57. The number of carbonyl (C=O) groups excluding carboxylic acids is 1. The van der Waals surface area contributed by atoms with E-state index in [-0.39, 0.29) is 24.5 Å². The van der Waals surface area contributed by atoms with E-state index in [0.717, 1.165) is 28.6 Å². The number of anilines is 1. The highest BCUT2D eigenvalue weighted by Crippen LogP contribution is 2.73. The Labute approximate surface area is 182 Å². The first-order valence-electron chi connectivity index (χ1n) is 10.3. The van der Waals surface area contributed by atoms with Crippen LogP contribution in [0.2, 0.25) is 0 Å². The van der Waals surface area contributed by atoms with Gasteiger partial charge in [-0.25, -0.2) is 0 Å². The van der Waals surface area contributed by atoms with Crippen LogP contribution in [0.1, 0.15) is 36.0 Å². The number of nitriles is 1. The minimum absolute atomic E-state index is 0.0421. The van der Waals surface area contributed by atoms with Crippen LogP contribution in [0.15, 0.2) is 48.7 Å². The summed E-state index contributed by atoms with van der Waals surface area (Å²) in [7, 11) is 0. The predicted octanol–water partition coefficient (Wildman–Crippen LogP) is 5.54. The van der Waals surface area contributed by atoms with Crippen molar-refractivity contribution in [1.29, 1.82) is 5.26 Å². The van der Waals surface area contributed by atoms with E-state index in [1.165, 1.54) is 12.1 Å². The Morgan fingerprint density at radius 3 is 2.41 bits per heavy atom. The van der Waals surface area contributed by atoms with Gasteiger partial charge in [-0.1, -0.05) is 18.2 Å². The smallest absolute Gasteiger partial charge is 0.372 e. The predicted molar refractivity (Wildman–Crippen MR) is 111 cm³/mol. The van der Waals surface area contributed by atoms with Crippen LogP contribution in [-0.2, 0) is 28.9 Å². The third-order valence-corrected chi connectivity index (χ3v) is 6.56. The molecule has 5 nitrogen and oxygen atoms in total. The minimum atomic E-state index is -4.35. The van der Waals surface area contributed by atoms with Gasteiger partial charge in [-0.3, -0.25) is 4.79 Å². The topological polar surface area (TPSA) is 77.9 Å². The van der Waals surface area contributed by atoms with Crippen LogP contribution in [0.3, 0.4) is 0 Å². The first-order valence-corrected chi connectivity index (χ1v) is 10.3. The number of amides is 1. The molecule has 0 saturated heterocycles. The van der Waals surface area contributed by atoms with E-state index in [0.29, 0.717) is 30.5 Å². The molecule has 6 rings (SSSR count). The quantitative estimate of drug-likeness (QED) is 0.530. The number of alkyl halides is 3. The van der Waals surface area contributed by atoms with Crippen LogP contribution < -0.4 is 5.32 Å². The molecule has 2 aromatic carbocycles. The number of hydrogen-bond acceptors (Lipinski definition) is 3. The Morgan fingerprint density at radius 1 is 1.09 bits per heavy atom. The number of nitrogens with zero attached hydrogens (tertiary/aromatic N) is 1. The summed E-state index contributed by atoms with van der Waals surface area (Å²) in [5, 5.41) is 13.0. The summed E-state index contributed by atoms with van der Waals surface area (Å²) in [5.41, 5.74) is 1.73. The lowest BCUT2D eigenvalue weighted by Gasteiger charge is -2.65. The molecule has 1 heterocycles. The molecule has 3 aliphatic carbocycles. The van der Waals surface area contributed by atoms with Gasteiger partial charge >= 0.3 is 6.18 Å². The minimum Gasteiger partial charge on any atom is -0.372 e. The maximum atomic E-state index is 12.7. The van der Waals surface area contributed by atoms with E-state index in [2.05, 4.69) is 16.4 Å². The Hall–Kier alpha value is -3.31. The molecule has 1 aromatic heterocycles. The highest BCUT2D eigenvalue weighted by Gasteiger charge is 2.72. The number of ether oxygens (including phenoxy) is 1. The zero-order valence-corrected chi connectivity index (χ0v) is 17.1. The molecule has 32 heavy (non-hydrogen) atoms. The van der Waals surface area contributed by atoms with E-state index in [1.807, 2.05) is 18.2 Å². The third kappa shape index (κ3) is 3.43. The molecule has 0 spiro atoms. The number of halogens is 3. The van der Waals surface area contributed by atoms with Crippen molar-refractivity contribution in [2.45, 2.75) is 38.7 Å². The van der Waals surface area contributed by atoms with Gasteiger partial charge in [0.2, 0.25) is 5.91 Å². The van der Waals surface area contributed by atoms with Crippen molar-refractivity contribution in [3.63, 3.8) is 0 Å². The number of hydrogen-bond donors (Lipinski definition) is 2. The Balaban J connectivity index is 1.21. The average molecular weight is 439 g/mol. The SMILES string of the molecule is N#CC12CC(C(=O)Nc3c[nH]c4ccc(COCc5ccc(C(F)(F)F)cc5)cc34)(C1)C2. The number of rotatable bonds is 6. The van der Waals surface area contributed by atoms with Crippen molar-refractivity contribution in [1.82, 2.24) is 4.98 Å². The van der Waals surface area contributed by atoms with Crippen LogP contribution in [0, 0.1) is 22.2 Å². The summed E-state index contributed by atoms with van der Waals surface area (Å²) in [5.74, 6) is -0.0421. The van der Waals surface area contributed by atoms with Crippen LogP contribution in [-0.4, -0.2) is 10.9 Å². The summed E-state index contributed by atoms with van der Waals surface area (Å²) >= 11 is 0. The molecule has 3 aromatic rings. The second-order valence-corrected chi connectivity index (χ2v) is 8.93. The molecular weight excluding hydrogens is 419 g/mol. The maximum absolute atomic E-state index is 12.7. The molecule has 3 saturated carbocycles. The van der Waals surface area contributed by atoms with Gasteiger partial charge in [-0.2, -0.15) is 18.4 Å². The molecule has 3 fully saturated rings. The number of aromatic nitrogens is 1. The molecule has 1 amide bonds. The van der Waals surface area contributed by atoms with Crippen molar-refractivity contribution < 1.29 is 22.7 Å². The number of aromatic amines is 1. The molecular formula is C24H20F3N3O2. The van der Waals surface area contributed by atoms with Crippen molar-refractivity contribution in [3.8, 4) is 6.07 Å². The lowest BCUT2D eigenvalue weighted by atomic mass is 9.35. The molecule has 3 aliphatic rings. The molecule has 0 aliphatic heterocycles. The van der Waals surface area contributed by atoms with Crippen molar-refractivity contribution in [3.05, 3.63) is 65.4 Å². The Morgan fingerprint density at radius 2 is 1.75 bits per heavy atom. The fourth-order valence-electron chi connectivity index (χ4n) is 4.84. The van der Waals surface area contributed by atoms with Crippen molar-refractivity contribution in [2.75, 3.05) is 5.32 Å². The first kappa shape index (κ1) is 20.6. The second kappa shape index (κ2) is 7.10. The largest absolute Gasteiger partial charge is 0.416 e. The summed E-state index contributed by atoms with van der Waals surface area (Å²) in [6.45, 7) is 0.472. The van der Waals surface area contributed by atoms with Gasteiger partial charge in [-0.15, -0.1) is 0 Å². The average Bonchev–Trinajstić information content (AvgIpc) is 3.08. The van der Waals surface area contributed by atoms with Crippen molar-refractivity contribution in [2.24, 2.45) is 10.8 Å². The molecule has 2 N–H and O–H groups in total. The molecule has 0 radical (unpaired) electrons. The van der Waals surface area contributed by atoms with Gasteiger partial charge in [0.05, 0.1) is 41.4 Å². The van der Waals surface area contributed by atoms with Gasteiger partial charge in [-0.05, 0) is 54.7 Å². The molecule has 164 valence electrons. The number of H-pyrrole nitrogens is 1. The van der Waals surface area contributed by atoms with Crippen LogP contribution in [0.25, 0.3) is 10.9 Å². The number of benzene rings is 2. The number of fused-ring (bicyclic) bond motifs is 1. The summed E-state index contributed by atoms with van der Waals surface area (Å²) < 4.78 is 43.7. The third-order valence-electron chi connectivity index (χ3n) is 6.56. The lowest BCUT2D eigenvalue weighted by molar-refractivity contribution is -0.179. The van der Waals surface area contributed by atoms with Gasteiger partial charge in [0.25, 0.3) is 0 Å². The monoisotopic (exact) mass is 439 g/mol. The van der Waals surface area contributed by atoms with Crippen LogP contribution in [0.4, 0.5) is 18.9 Å². The Bertz CT molecular complexity index is 1220. The summed E-state index contributed by atoms with van der Waals surface area (Å²) in [6, 6.07) is 12.9. The van der Waals surface area contributed by atoms with Gasteiger partial charge in [0, 0.05) is 17.1 Å². The highest BCUT2D eigenvalue weighted by atomic mass is 19.4. The van der Waals surface area contributed by atoms with E-state index in [9.17, 15) is 18.0 Å². The highest BCUT2D eigenvalue weighted by molar-refractivity contribution is 6.05. The first-order chi connectivity index (χ1) is 15.2. The van der Waals surface area contributed by atoms with Crippen LogP contribution in [0.5, 0.6) is 0 Å². The van der Waals surface area contributed by atoms with Gasteiger partial charge in [0.15, 0.2) is 0 Å². The van der Waals surface area contributed by atoms with Gasteiger partial charge < -0.3 is 15.0 Å². The van der Waals surface area contributed by atoms with E-state index < -0.39 is 17.2 Å². The van der Waals surface area contributed by atoms with Gasteiger partial charge in [0.1, 0.15) is 0 Å². The molecule has 0 atom stereocenters. The molecule has 0 unspecified atom stereocenters. The fraction of sp³-hybridized carbons (Fsp3) is 0.333. The maximum Gasteiger partial charge on any atom is 0.416 e. The van der Waals surface area contributed by atoms with E-state index >= 15 is 0 Å². The summed E-state index contributed by atoms with van der Waals surface area (Å²) in [6.07, 6.45) is -0.704. The zero-order chi connectivity index (χ0) is 22.6. The van der Waals surface area contributed by atoms with Crippen molar-refractivity contribution >= 4 is 22.5 Å². The van der Waals surface area contributed by atoms with E-state index in [4.69, 9.17) is 10.00 Å². The standard InChI is InChI=1S/C24H20F3N3O2/c25-24(26,27)17-4-1-15(2-5-17)9-32-10-16-3-6-19-18(7-16)20(8-29-19)30-21(31)23-11-22(12-23,13-23)14-28/h1-8,29H,9-13H2,(H,30,31). The lowest BCUT2D eigenvalue weighted by Crippen LogP contribution is -2.65. The second-order valence-electron chi connectivity index (χ2n) is 8.93. The van der Waals surface area contributed by atoms with E-state index in [1.54, 1.807) is 6.20 Å². The zero-order valence-electron chi connectivity index (χ0n) is 17.1. The molecule has 8 heteroatoms. The van der Waals surface area contributed by atoms with Crippen LogP contribution >= 0.6 is 0 Å². The number of carbonyl (C=O) groups is 1. The number of nitrogens with one attached hydrogen (secondary N) is 2. The normalized spacial score (nSPS) is 23.8.